The molecule has 2 rings (SSSR count). The predicted molar refractivity (Wildman–Crippen MR) is 112 cm³/mol. The third-order valence-electron chi connectivity index (χ3n) is 4.57. The fourth-order valence-corrected chi connectivity index (χ4v) is 3.96. The van der Waals surface area contributed by atoms with Gasteiger partial charge in [0, 0.05) is 19.3 Å². The number of hydrogen-bond donors (Lipinski definition) is 1. The summed E-state index contributed by atoms with van der Waals surface area (Å²) in [5, 5.41) is 2.69. The zero-order valence-electron chi connectivity index (χ0n) is 16.3. The Morgan fingerprint density at radius 1 is 1.07 bits per heavy atom. The fourth-order valence-electron chi connectivity index (χ4n) is 2.97. The van der Waals surface area contributed by atoms with Gasteiger partial charge in [0.1, 0.15) is 6.04 Å². The summed E-state index contributed by atoms with van der Waals surface area (Å²) < 4.78 is 0. The molecule has 0 heterocycles. The number of amides is 2. The van der Waals surface area contributed by atoms with E-state index in [4.69, 9.17) is 0 Å². The molecule has 0 aromatic heterocycles. The van der Waals surface area contributed by atoms with Crippen molar-refractivity contribution < 1.29 is 9.59 Å². The van der Waals surface area contributed by atoms with Gasteiger partial charge in [-0.05, 0) is 30.0 Å². The molecule has 0 saturated heterocycles. The second-order valence-electron chi connectivity index (χ2n) is 6.46. The summed E-state index contributed by atoms with van der Waals surface area (Å²) in [6, 6.07) is 17.6. The topological polar surface area (TPSA) is 49.4 Å². The average molecular weight is 385 g/mol. The minimum atomic E-state index is -0.457. The number of hydrogen-bond acceptors (Lipinski definition) is 3. The molecule has 0 spiro atoms. The average Bonchev–Trinajstić information content (AvgIpc) is 2.69. The van der Waals surface area contributed by atoms with Crippen LogP contribution in [0.3, 0.4) is 0 Å². The maximum Gasteiger partial charge on any atom is 0.242 e. The van der Waals surface area contributed by atoms with Gasteiger partial charge in [0.15, 0.2) is 0 Å². The van der Waals surface area contributed by atoms with Crippen molar-refractivity contribution in [3.63, 3.8) is 0 Å². The molecule has 5 heteroatoms. The van der Waals surface area contributed by atoms with Crippen LogP contribution in [-0.4, -0.2) is 35.6 Å². The second-order valence-corrected chi connectivity index (χ2v) is 7.45. The molecule has 0 fully saturated rings. The summed E-state index contributed by atoms with van der Waals surface area (Å²) in [4.78, 5) is 27.0. The largest absolute Gasteiger partial charge is 0.357 e. The highest BCUT2D eigenvalue weighted by atomic mass is 32.2. The van der Waals surface area contributed by atoms with Crippen LogP contribution in [0.5, 0.6) is 0 Å². The quantitative estimate of drug-likeness (QED) is 0.716. The Kier molecular flexibility index (Phi) is 8.40. The van der Waals surface area contributed by atoms with Crippen LogP contribution in [0.1, 0.15) is 30.0 Å². The minimum absolute atomic E-state index is 0.00659. The number of rotatable bonds is 9. The molecule has 0 saturated carbocycles. The molecule has 1 atom stereocenters. The van der Waals surface area contributed by atoms with Crippen LogP contribution in [0.25, 0.3) is 0 Å². The van der Waals surface area contributed by atoms with Crippen LogP contribution >= 0.6 is 11.8 Å². The van der Waals surface area contributed by atoms with Gasteiger partial charge in [-0.1, -0.05) is 61.5 Å². The first-order valence-electron chi connectivity index (χ1n) is 9.24. The Hall–Kier alpha value is -2.27. The van der Waals surface area contributed by atoms with Crippen molar-refractivity contribution >= 4 is 23.6 Å². The first-order valence-corrected chi connectivity index (χ1v) is 10.4. The first kappa shape index (κ1) is 21.0. The number of aryl methyl sites for hydroxylation is 1. The van der Waals surface area contributed by atoms with Gasteiger partial charge in [-0.3, -0.25) is 9.59 Å². The van der Waals surface area contributed by atoms with E-state index in [-0.39, 0.29) is 11.8 Å². The monoisotopic (exact) mass is 384 g/mol. The highest BCUT2D eigenvalue weighted by Crippen LogP contribution is 2.19. The van der Waals surface area contributed by atoms with Crippen molar-refractivity contribution in [1.82, 2.24) is 10.2 Å². The Morgan fingerprint density at radius 3 is 2.37 bits per heavy atom. The summed E-state index contributed by atoms with van der Waals surface area (Å²) >= 11 is 1.59. The van der Waals surface area contributed by atoms with Crippen molar-refractivity contribution in [2.75, 3.05) is 12.8 Å². The number of carbonyl (C=O) groups is 2. The molecule has 2 aromatic carbocycles. The Labute approximate surface area is 166 Å². The zero-order chi connectivity index (χ0) is 19.6. The van der Waals surface area contributed by atoms with E-state index in [1.54, 1.807) is 23.7 Å². The third kappa shape index (κ3) is 6.14. The lowest BCUT2D eigenvalue weighted by Gasteiger charge is -2.30. The molecule has 0 aliphatic carbocycles. The van der Waals surface area contributed by atoms with E-state index in [9.17, 15) is 9.59 Å². The summed E-state index contributed by atoms with van der Waals surface area (Å²) in [7, 11) is 1.61. The first-order chi connectivity index (χ1) is 13.1. The van der Waals surface area contributed by atoms with E-state index in [1.165, 1.54) is 11.1 Å². The van der Waals surface area contributed by atoms with Crippen LogP contribution in [0.15, 0.2) is 54.6 Å². The van der Waals surface area contributed by atoms with E-state index in [1.807, 2.05) is 49.4 Å². The minimum Gasteiger partial charge on any atom is -0.357 e. The number of likely N-dealkylation sites (N-methyl/N-ethyl adjacent to an activating group) is 1. The molecule has 2 aromatic rings. The van der Waals surface area contributed by atoms with Crippen LogP contribution in [0.2, 0.25) is 0 Å². The van der Waals surface area contributed by atoms with Crippen molar-refractivity contribution in [2.45, 2.75) is 38.6 Å². The summed E-state index contributed by atoms with van der Waals surface area (Å²) in [6.45, 7) is 4.46. The van der Waals surface area contributed by atoms with E-state index in [0.717, 1.165) is 11.3 Å². The number of nitrogens with zero attached hydrogens (tertiary/aromatic N) is 1. The van der Waals surface area contributed by atoms with Gasteiger partial charge in [0.25, 0.3) is 0 Å². The summed E-state index contributed by atoms with van der Waals surface area (Å²) in [5.74, 6) is 1.02. The Morgan fingerprint density at radius 2 is 1.74 bits per heavy atom. The maximum atomic E-state index is 13.0. The fraction of sp³-hybridized carbons (Fsp3) is 0.364. The highest BCUT2D eigenvalue weighted by molar-refractivity contribution is 7.99. The van der Waals surface area contributed by atoms with Gasteiger partial charge in [-0.2, -0.15) is 0 Å². The molecule has 144 valence electrons. The third-order valence-corrected chi connectivity index (χ3v) is 5.54. The van der Waals surface area contributed by atoms with Gasteiger partial charge in [-0.15, -0.1) is 11.8 Å². The van der Waals surface area contributed by atoms with Gasteiger partial charge < -0.3 is 10.2 Å². The van der Waals surface area contributed by atoms with Gasteiger partial charge >= 0.3 is 0 Å². The summed E-state index contributed by atoms with van der Waals surface area (Å²) in [6.07, 6.45) is 0.584. The van der Waals surface area contributed by atoms with E-state index >= 15 is 0 Å². The molecular weight excluding hydrogens is 356 g/mol. The Bertz CT molecular complexity index is 749. The predicted octanol–water partition coefficient (Wildman–Crippen LogP) is 3.78. The molecule has 0 radical (unpaired) electrons. The number of benzene rings is 2. The van der Waals surface area contributed by atoms with E-state index < -0.39 is 6.04 Å². The van der Waals surface area contributed by atoms with E-state index in [0.29, 0.717) is 18.7 Å². The van der Waals surface area contributed by atoms with Crippen LogP contribution in [-0.2, 0) is 21.9 Å². The summed E-state index contributed by atoms with van der Waals surface area (Å²) in [5.41, 5.74) is 3.50. The number of thioether (sulfide) groups is 1. The van der Waals surface area contributed by atoms with E-state index in [2.05, 4.69) is 24.4 Å². The second kappa shape index (κ2) is 10.8. The maximum absolute atomic E-state index is 13.0. The van der Waals surface area contributed by atoms with Crippen LogP contribution in [0, 0.1) is 6.92 Å². The lowest BCUT2D eigenvalue weighted by molar-refractivity contribution is -0.139. The van der Waals surface area contributed by atoms with Crippen LogP contribution in [0.4, 0.5) is 0 Å². The molecular formula is C22H28N2O2S. The highest BCUT2D eigenvalue weighted by Gasteiger charge is 2.27. The van der Waals surface area contributed by atoms with Gasteiger partial charge in [0.2, 0.25) is 11.8 Å². The lowest BCUT2D eigenvalue weighted by atomic mass is 10.1. The van der Waals surface area contributed by atoms with Gasteiger partial charge in [0.05, 0.1) is 5.75 Å². The van der Waals surface area contributed by atoms with Crippen LogP contribution < -0.4 is 5.32 Å². The van der Waals surface area contributed by atoms with Gasteiger partial charge in [-0.25, -0.2) is 0 Å². The lowest BCUT2D eigenvalue weighted by Crippen LogP contribution is -2.48. The van der Waals surface area contributed by atoms with Crippen molar-refractivity contribution in [3.8, 4) is 0 Å². The normalized spacial score (nSPS) is 11.7. The molecule has 0 aliphatic rings. The zero-order valence-corrected chi connectivity index (χ0v) is 17.1. The smallest absolute Gasteiger partial charge is 0.242 e. The van der Waals surface area contributed by atoms with Crippen molar-refractivity contribution in [2.24, 2.45) is 0 Å². The molecule has 1 N–H and O–H groups in total. The molecule has 27 heavy (non-hydrogen) atoms. The molecule has 2 amide bonds. The standard InChI is InChI=1S/C22H28N2O2S/c1-4-20(22(26)23-3)24(14-18-11-6-5-7-12-18)21(25)16-27-15-19-13-9-8-10-17(19)2/h5-13,20H,4,14-16H2,1-3H3,(H,23,26)/t20-/m1/s1. The van der Waals surface area contributed by atoms with Crippen molar-refractivity contribution in [3.05, 3.63) is 71.3 Å². The molecule has 4 nitrogen and oxygen atoms in total. The molecule has 0 aliphatic heterocycles. The SMILES string of the molecule is CC[C@H](C(=O)NC)N(Cc1ccccc1)C(=O)CSCc1ccccc1C. The number of nitrogens with one attached hydrogen (secondary N) is 1. The molecule has 0 bridgehead atoms. The molecule has 0 unspecified atom stereocenters. The van der Waals surface area contributed by atoms with Crippen molar-refractivity contribution in [1.29, 1.82) is 0 Å². The number of carbonyl (C=O) groups excluding carboxylic acids is 2. The Balaban J connectivity index is 2.07.